The van der Waals surface area contributed by atoms with Crippen LogP contribution in [0.3, 0.4) is 0 Å². The maximum absolute atomic E-state index is 12.0. The average Bonchev–Trinajstić information content (AvgIpc) is 3.84. The van der Waals surface area contributed by atoms with Crippen LogP contribution in [-0.2, 0) is 11.3 Å². The number of ether oxygens (including phenoxy) is 1. The van der Waals surface area contributed by atoms with Crippen molar-refractivity contribution >= 4 is 52.4 Å². The number of benzene rings is 2. The van der Waals surface area contributed by atoms with Gasteiger partial charge in [0.2, 0.25) is 0 Å². The van der Waals surface area contributed by atoms with Crippen molar-refractivity contribution in [3.05, 3.63) is 79.1 Å². The second kappa shape index (κ2) is 11.3. The average molecular weight is 596 g/mol. The Balaban J connectivity index is 0.000000156. The molecule has 0 spiro atoms. The third kappa shape index (κ3) is 5.31. The Hall–Kier alpha value is -2.55. The van der Waals surface area contributed by atoms with Gasteiger partial charge in [0.05, 0.1) is 33.8 Å². The van der Waals surface area contributed by atoms with Crippen molar-refractivity contribution < 1.29 is 23.7 Å². The van der Waals surface area contributed by atoms with E-state index in [4.69, 9.17) is 60.2 Å². The van der Waals surface area contributed by atoms with Gasteiger partial charge in [0.15, 0.2) is 5.76 Å². The first-order chi connectivity index (χ1) is 18.3. The van der Waals surface area contributed by atoms with Crippen molar-refractivity contribution in [2.24, 2.45) is 0 Å². The van der Waals surface area contributed by atoms with Gasteiger partial charge >= 0.3 is 5.97 Å². The van der Waals surface area contributed by atoms with Crippen LogP contribution < -0.4 is 0 Å². The second-order valence-electron chi connectivity index (χ2n) is 9.04. The van der Waals surface area contributed by atoms with Crippen LogP contribution in [0.2, 0.25) is 20.1 Å². The zero-order valence-electron chi connectivity index (χ0n) is 20.1. The molecule has 0 saturated heterocycles. The van der Waals surface area contributed by atoms with Crippen molar-refractivity contribution in [1.29, 1.82) is 0 Å². The van der Waals surface area contributed by atoms with Gasteiger partial charge in [-0.25, -0.2) is 4.79 Å². The molecule has 0 amide bonds. The Bertz CT molecular complexity index is 1450. The molecule has 0 bridgehead atoms. The maximum atomic E-state index is 12.0. The fourth-order valence-corrected chi connectivity index (χ4v) is 5.34. The summed E-state index contributed by atoms with van der Waals surface area (Å²) in [6.45, 7) is -0.119. The van der Waals surface area contributed by atoms with E-state index in [1.165, 1.54) is 7.11 Å². The number of aromatic nitrogens is 2. The molecule has 11 heteroatoms. The zero-order valence-corrected chi connectivity index (χ0v) is 23.2. The van der Waals surface area contributed by atoms with E-state index in [0.29, 0.717) is 65.4 Å². The first kappa shape index (κ1) is 27.0. The minimum Gasteiger partial charge on any atom is -0.465 e. The number of hydrogen-bond acceptors (Lipinski definition) is 7. The topological polar surface area (TPSA) is 98.6 Å². The molecule has 7 nitrogen and oxygen atoms in total. The fourth-order valence-electron chi connectivity index (χ4n) is 4.18. The number of carbonyl (C=O) groups excluding carboxylic acids is 1. The SMILES string of the molecule is COC(=O)c1c(-c2c(Cl)cccc2Cl)noc1C1CC1.OCc1c(-c2c(Cl)cccc2Cl)noc1C1CC1. The summed E-state index contributed by atoms with van der Waals surface area (Å²) >= 11 is 24.6. The third-order valence-electron chi connectivity index (χ3n) is 6.38. The summed E-state index contributed by atoms with van der Waals surface area (Å²) in [5, 5.41) is 19.4. The van der Waals surface area contributed by atoms with Gasteiger partial charge < -0.3 is 18.9 Å². The lowest BCUT2D eigenvalue weighted by atomic mass is 10.0. The Labute approximate surface area is 238 Å². The van der Waals surface area contributed by atoms with Gasteiger partial charge in [-0.1, -0.05) is 68.8 Å². The largest absolute Gasteiger partial charge is 0.465 e. The molecular weight excluding hydrogens is 574 g/mol. The number of nitrogens with zero attached hydrogens (tertiary/aromatic N) is 2. The highest BCUT2D eigenvalue weighted by molar-refractivity contribution is 6.40. The number of aliphatic hydroxyl groups excluding tert-OH is 1. The van der Waals surface area contributed by atoms with Gasteiger partial charge in [0.25, 0.3) is 0 Å². The lowest BCUT2D eigenvalue weighted by Crippen LogP contribution is -2.05. The fraction of sp³-hybridized carbons (Fsp3) is 0.296. The van der Waals surface area contributed by atoms with Gasteiger partial charge in [0.1, 0.15) is 22.7 Å². The smallest absolute Gasteiger partial charge is 0.343 e. The predicted octanol–water partition coefficient (Wildman–Crippen LogP) is 8.33. The van der Waals surface area contributed by atoms with E-state index >= 15 is 0 Å². The molecule has 0 radical (unpaired) electrons. The Morgan fingerprint density at radius 2 is 1.29 bits per heavy atom. The standard InChI is InChI=1S/C14H11Cl2NO3.C13H11Cl2NO2/c1-19-14(18)11-12(17-20-13(11)7-5-6-7)10-8(15)3-2-4-9(10)16;14-9-2-1-3-10(15)11(9)12-8(6-17)13(18-16-12)7-4-5-7/h2-4,7H,5-6H2,1H3;1-3,7,17H,4-6H2. The normalized spacial score (nSPS) is 14.7. The molecule has 6 rings (SSSR count). The molecular formula is C27H22Cl4N2O5. The van der Waals surface area contributed by atoms with Crippen LogP contribution in [0, 0.1) is 0 Å². The van der Waals surface area contributed by atoms with E-state index in [2.05, 4.69) is 10.3 Å². The molecule has 4 aromatic rings. The quantitative estimate of drug-likeness (QED) is 0.224. The van der Waals surface area contributed by atoms with Crippen LogP contribution in [0.4, 0.5) is 0 Å². The van der Waals surface area contributed by atoms with Gasteiger partial charge in [-0.05, 0) is 49.9 Å². The van der Waals surface area contributed by atoms with E-state index in [0.717, 1.165) is 31.4 Å². The zero-order chi connectivity index (χ0) is 27.0. The number of halogens is 4. The van der Waals surface area contributed by atoms with Crippen molar-refractivity contribution in [2.45, 2.75) is 44.1 Å². The Kier molecular flexibility index (Phi) is 8.03. The van der Waals surface area contributed by atoms with Crippen LogP contribution in [-0.4, -0.2) is 28.5 Å². The highest BCUT2D eigenvalue weighted by Gasteiger charge is 2.37. The summed E-state index contributed by atoms with van der Waals surface area (Å²) < 4.78 is 15.5. The lowest BCUT2D eigenvalue weighted by molar-refractivity contribution is 0.0599. The minimum absolute atomic E-state index is 0.119. The number of hydrogen-bond donors (Lipinski definition) is 1. The number of methoxy groups -OCH3 is 1. The van der Waals surface area contributed by atoms with Gasteiger partial charge in [-0.15, -0.1) is 0 Å². The lowest BCUT2D eigenvalue weighted by Gasteiger charge is -2.05. The molecule has 2 aromatic heterocycles. The summed E-state index contributed by atoms with van der Waals surface area (Å²) in [6, 6.07) is 10.4. The van der Waals surface area contributed by atoms with Gasteiger partial charge in [0, 0.05) is 28.5 Å². The van der Waals surface area contributed by atoms with Gasteiger partial charge in [-0.3, -0.25) is 0 Å². The summed E-state index contributed by atoms with van der Waals surface area (Å²) in [4.78, 5) is 12.0. The predicted molar refractivity (Wildman–Crippen MR) is 145 cm³/mol. The molecule has 2 heterocycles. The summed E-state index contributed by atoms with van der Waals surface area (Å²) in [7, 11) is 1.32. The molecule has 0 atom stereocenters. The first-order valence-corrected chi connectivity index (χ1v) is 13.4. The number of esters is 1. The molecule has 2 saturated carbocycles. The molecule has 2 aliphatic carbocycles. The van der Waals surface area contributed by atoms with Crippen LogP contribution in [0.15, 0.2) is 45.4 Å². The molecule has 1 N–H and O–H groups in total. The van der Waals surface area contributed by atoms with Gasteiger partial charge in [-0.2, -0.15) is 0 Å². The highest BCUT2D eigenvalue weighted by atomic mass is 35.5. The molecule has 2 fully saturated rings. The van der Waals surface area contributed by atoms with E-state index in [-0.39, 0.29) is 12.5 Å². The maximum Gasteiger partial charge on any atom is 0.343 e. The monoisotopic (exact) mass is 594 g/mol. The molecule has 0 aliphatic heterocycles. The minimum atomic E-state index is -0.487. The van der Waals surface area contributed by atoms with E-state index in [9.17, 15) is 9.90 Å². The van der Waals surface area contributed by atoms with Crippen LogP contribution in [0.5, 0.6) is 0 Å². The van der Waals surface area contributed by atoms with Crippen LogP contribution in [0.1, 0.15) is 65.0 Å². The van der Waals surface area contributed by atoms with E-state index < -0.39 is 5.97 Å². The Morgan fingerprint density at radius 3 is 1.76 bits per heavy atom. The summed E-state index contributed by atoms with van der Waals surface area (Å²) in [5.74, 6) is 1.45. The van der Waals surface area contributed by atoms with Crippen molar-refractivity contribution in [2.75, 3.05) is 7.11 Å². The second-order valence-corrected chi connectivity index (χ2v) is 10.7. The number of aliphatic hydroxyl groups is 1. The van der Waals surface area contributed by atoms with Crippen LogP contribution >= 0.6 is 46.4 Å². The molecule has 198 valence electrons. The molecule has 2 aliphatic rings. The molecule has 38 heavy (non-hydrogen) atoms. The summed E-state index contributed by atoms with van der Waals surface area (Å²) in [5.41, 5.74) is 3.04. The Morgan fingerprint density at radius 1 is 0.842 bits per heavy atom. The van der Waals surface area contributed by atoms with Crippen molar-refractivity contribution in [3.8, 4) is 22.5 Å². The van der Waals surface area contributed by atoms with Crippen molar-refractivity contribution in [1.82, 2.24) is 10.3 Å². The molecule has 2 aromatic carbocycles. The third-order valence-corrected chi connectivity index (χ3v) is 7.64. The van der Waals surface area contributed by atoms with Crippen molar-refractivity contribution in [3.63, 3.8) is 0 Å². The highest BCUT2D eigenvalue weighted by Crippen LogP contribution is 2.47. The first-order valence-electron chi connectivity index (χ1n) is 11.9. The van der Waals surface area contributed by atoms with E-state index in [1.54, 1.807) is 36.4 Å². The van der Waals surface area contributed by atoms with E-state index in [1.807, 2.05) is 0 Å². The number of rotatable bonds is 6. The summed E-state index contributed by atoms with van der Waals surface area (Å²) in [6.07, 6.45) is 4.12. The van der Waals surface area contributed by atoms with Crippen LogP contribution in [0.25, 0.3) is 22.5 Å². The molecule has 0 unspecified atom stereocenters. The number of carbonyl (C=O) groups is 1.